The van der Waals surface area contributed by atoms with E-state index < -0.39 is 0 Å². The average Bonchev–Trinajstić information content (AvgIpc) is 2.55. The number of benzene rings is 2. The summed E-state index contributed by atoms with van der Waals surface area (Å²) in [6.45, 7) is 6.53. The fourth-order valence-corrected chi connectivity index (χ4v) is 2.40. The van der Waals surface area contributed by atoms with Crippen molar-refractivity contribution in [3.63, 3.8) is 0 Å². The second-order valence-electron chi connectivity index (χ2n) is 5.39. The Labute approximate surface area is 137 Å². The number of oxime groups is 1. The molecule has 0 saturated heterocycles. The van der Waals surface area contributed by atoms with Crippen LogP contribution in [-0.2, 0) is 11.4 Å². The standard InChI is InChI=1S/C19H20N2O2/c1-13-9-14(2)15(3)19(10-13)23-12-16-7-5-6-8-17(16)18(11-20)21-22-4/h5-10H,12H2,1-4H3. The van der Waals surface area contributed by atoms with Crippen LogP contribution in [0.3, 0.4) is 0 Å². The largest absolute Gasteiger partial charge is 0.489 e. The molecule has 0 amide bonds. The van der Waals surface area contributed by atoms with Gasteiger partial charge < -0.3 is 9.57 Å². The molecule has 0 atom stereocenters. The topological polar surface area (TPSA) is 54.6 Å². The summed E-state index contributed by atoms with van der Waals surface area (Å²) in [5.74, 6) is 0.861. The van der Waals surface area contributed by atoms with Crippen LogP contribution in [0, 0.1) is 32.1 Å². The van der Waals surface area contributed by atoms with Gasteiger partial charge in [0.05, 0.1) is 0 Å². The van der Waals surface area contributed by atoms with Crippen LogP contribution in [0.2, 0.25) is 0 Å². The number of hydrogen-bond acceptors (Lipinski definition) is 4. The fourth-order valence-electron chi connectivity index (χ4n) is 2.40. The fraction of sp³-hybridized carbons (Fsp3) is 0.263. The SMILES string of the molecule is CON=C(C#N)c1ccccc1COc1cc(C)cc(C)c1C. The molecule has 0 radical (unpaired) electrons. The van der Waals surface area contributed by atoms with Gasteiger partial charge in [-0.05, 0) is 49.1 Å². The predicted octanol–water partition coefficient (Wildman–Crippen LogP) is 4.06. The molecule has 0 unspecified atom stereocenters. The van der Waals surface area contributed by atoms with Gasteiger partial charge in [-0.1, -0.05) is 35.5 Å². The summed E-state index contributed by atoms with van der Waals surface area (Å²) in [6, 6.07) is 13.8. The molecule has 2 aromatic rings. The van der Waals surface area contributed by atoms with Crippen molar-refractivity contribution in [3.8, 4) is 11.8 Å². The summed E-state index contributed by atoms with van der Waals surface area (Å²) < 4.78 is 5.99. The monoisotopic (exact) mass is 308 g/mol. The lowest BCUT2D eigenvalue weighted by molar-refractivity contribution is 0.214. The van der Waals surface area contributed by atoms with Crippen LogP contribution in [0.15, 0.2) is 41.6 Å². The van der Waals surface area contributed by atoms with Crippen molar-refractivity contribution in [2.45, 2.75) is 27.4 Å². The summed E-state index contributed by atoms with van der Waals surface area (Å²) in [7, 11) is 1.43. The van der Waals surface area contributed by atoms with Crippen molar-refractivity contribution in [1.82, 2.24) is 0 Å². The highest BCUT2D eigenvalue weighted by Crippen LogP contribution is 2.24. The Hall–Kier alpha value is -2.80. The number of nitrogens with zero attached hydrogens (tertiary/aromatic N) is 2. The van der Waals surface area contributed by atoms with Crippen LogP contribution in [0.4, 0.5) is 0 Å². The summed E-state index contributed by atoms with van der Waals surface area (Å²) in [5.41, 5.74) is 5.34. The zero-order valence-electron chi connectivity index (χ0n) is 13.9. The highest BCUT2D eigenvalue weighted by molar-refractivity contribution is 6.12. The van der Waals surface area contributed by atoms with E-state index in [2.05, 4.69) is 24.2 Å². The molecule has 2 rings (SSSR count). The average molecular weight is 308 g/mol. The van der Waals surface area contributed by atoms with E-state index in [4.69, 9.17) is 9.57 Å². The Bertz CT molecular complexity index is 773. The van der Waals surface area contributed by atoms with Crippen LogP contribution < -0.4 is 4.74 Å². The van der Waals surface area contributed by atoms with E-state index in [1.54, 1.807) is 0 Å². The van der Waals surface area contributed by atoms with Crippen LogP contribution in [-0.4, -0.2) is 12.8 Å². The Morgan fingerprint density at radius 3 is 2.61 bits per heavy atom. The molecular formula is C19H20N2O2. The van der Waals surface area contributed by atoms with Gasteiger partial charge in [0, 0.05) is 5.56 Å². The lowest BCUT2D eigenvalue weighted by atomic mass is 10.0. The van der Waals surface area contributed by atoms with Crippen molar-refractivity contribution < 1.29 is 9.57 Å². The maximum Gasteiger partial charge on any atom is 0.187 e. The van der Waals surface area contributed by atoms with E-state index in [1.807, 2.05) is 44.2 Å². The van der Waals surface area contributed by atoms with Gasteiger partial charge in [0.2, 0.25) is 0 Å². The minimum absolute atomic E-state index is 0.240. The molecule has 0 fully saturated rings. The second-order valence-corrected chi connectivity index (χ2v) is 5.39. The summed E-state index contributed by atoms with van der Waals surface area (Å²) >= 11 is 0. The third-order valence-corrected chi connectivity index (χ3v) is 3.71. The predicted molar refractivity (Wildman–Crippen MR) is 90.6 cm³/mol. The maximum absolute atomic E-state index is 9.24. The third-order valence-electron chi connectivity index (χ3n) is 3.71. The molecule has 0 N–H and O–H groups in total. The molecule has 118 valence electrons. The van der Waals surface area contributed by atoms with Crippen molar-refractivity contribution in [2.24, 2.45) is 5.16 Å². The molecule has 2 aromatic carbocycles. The second kappa shape index (κ2) is 7.46. The molecular weight excluding hydrogens is 288 g/mol. The first kappa shape index (κ1) is 16.6. The van der Waals surface area contributed by atoms with E-state index >= 15 is 0 Å². The Balaban J connectivity index is 2.29. The first-order valence-electron chi connectivity index (χ1n) is 7.37. The van der Waals surface area contributed by atoms with Crippen LogP contribution in [0.1, 0.15) is 27.8 Å². The van der Waals surface area contributed by atoms with Gasteiger partial charge in [-0.3, -0.25) is 0 Å². The van der Waals surface area contributed by atoms with Gasteiger partial charge in [-0.15, -0.1) is 0 Å². The molecule has 0 aliphatic heterocycles. The summed E-state index contributed by atoms with van der Waals surface area (Å²) in [5, 5.41) is 13.0. The smallest absolute Gasteiger partial charge is 0.187 e. The van der Waals surface area contributed by atoms with Gasteiger partial charge in [-0.2, -0.15) is 5.26 Å². The van der Waals surface area contributed by atoms with Crippen molar-refractivity contribution in [1.29, 1.82) is 5.26 Å². The van der Waals surface area contributed by atoms with E-state index in [0.717, 1.165) is 28.0 Å². The summed E-state index contributed by atoms with van der Waals surface area (Å²) in [4.78, 5) is 4.74. The Morgan fingerprint density at radius 2 is 1.91 bits per heavy atom. The minimum atomic E-state index is 0.240. The van der Waals surface area contributed by atoms with Gasteiger partial charge in [0.1, 0.15) is 25.5 Å². The van der Waals surface area contributed by atoms with Crippen molar-refractivity contribution >= 4 is 5.71 Å². The molecule has 0 aliphatic carbocycles. The van der Waals surface area contributed by atoms with Crippen molar-refractivity contribution in [3.05, 3.63) is 64.2 Å². The van der Waals surface area contributed by atoms with Gasteiger partial charge >= 0.3 is 0 Å². The first-order chi connectivity index (χ1) is 11.1. The zero-order valence-corrected chi connectivity index (χ0v) is 13.9. The lowest BCUT2D eigenvalue weighted by Gasteiger charge is -2.14. The lowest BCUT2D eigenvalue weighted by Crippen LogP contribution is -2.07. The molecule has 0 aliphatic rings. The molecule has 4 heteroatoms. The van der Waals surface area contributed by atoms with Gasteiger partial charge in [-0.25, -0.2) is 0 Å². The third kappa shape index (κ3) is 3.89. The molecule has 0 saturated carbocycles. The van der Waals surface area contributed by atoms with Crippen LogP contribution in [0.5, 0.6) is 5.75 Å². The Morgan fingerprint density at radius 1 is 1.17 bits per heavy atom. The molecule has 4 nitrogen and oxygen atoms in total. The maximum atomic E-state index is 9.24. The molecule has 0 aromatic heterocycles. The van der Waals surface area contributed by atoms with Crippen molar-refractivity contribution in [2.75, 3.05) is 7.11 Å². The van der Waals surface area contributed by atoms with E-state index in [1.165, 1.54) is 12.7 Å². The quantitative estimate of drug-likeness (QED) is 0.618. The Kier molecular flexibility index (Phi) is 5.37. The normalized spacial score (nSPS) is 11.0. The van der Waals surface area contributed by atoms with E-state index in [0.29, 0.717) is 6.61 Å². The zero-order chi connectivity index (χ0) is 16.8. The van der Waals surface area contributed by atoms with Crippen LogP contribution >= 0.6 is 0 Å². The number of aryl methyl sites for hydroxylation is 2. The van der Waals surface area contributed by atoms with E-state index in [-0.39, 0.29) is 5.71 Å². The summed E-state index contributed by atoms with van der Waals surface area (Å²) in [6.07, 6.45) is 0. The van der Waals surface area contributed by atoms with Gasteiger partial charge in [0.25, 0.3) is 0 Å². The minimum Gasteiger partial charge on any atom is -0.489 e. The molecule has 0 spiro atoms. The molecule has 23 heavy (non-hydrogen) atoms. The number of rotatable bonds is 5. The van der Waals surface area contributed by atoms with Gasteiger partial charge in [0.15, 0.2) is 5.71 Å². The highest BCUT2D eigenvalue weighted by atomic mass is 16.6. The molecule has 0 bridgehead atoms. The first-order valence-corrected chi connectivity index (χ1v) is 7.37. The number of hydrogen-bond donors (Lipinski definition) is 0. The van der Waals surface area contributed by atoms with Crippen LogP contribution in [0.25, 0.3) is 0 Å². The highest BCUT2D eigenvalue weighted by Gasteiger charge is 2.11. The van der Waals surface area contributed by atoms with E-state index in [9.17, 15) is 5.26 Å². The number of ether oxygens (including phenoxy) is 1. The number of nitriles is 1. The molecule has 0 heterocycles.